The van der Waals surface area contributed by atoms with Gasteiger partial charge >= 0.3 is 0 Å². The minimum atomic E-state index is 0.370. The molecule has 1 heteroatoms. The first kappa shape index (κ1) is 8.70. The zero-order valence-corrected chi connectivity index (χ0v) is 8.99. The van der Waals surface area contributed by atoms with Gasteiger partial charge in [-0.25, -0.2) is 0 Å². The van der Waals surface area contributed by atoms with Crippen LogP contribution in [0.4, 0.5) is 0 Å². The number of hydrogen-bond acceptors (Lipinski definition) is 1. The summed E-state index contributed by atoms with van der Waals surface area (Å²) in [7, 11) is 0. The van der Waals surface area contributed by atoms with E-state index < -0.39 is 0 Å². The predicted molar refractivity (Wildman–Crippen MR) is 55.7 cm³/mol. The molecule has 0 aliphatic heterocycles. The lowest BCUT2D eigenvalue weighted by Crippen LogP contribution is -2.24. The van der Waals surface area contributed by atoms with Crippen molar-refractivity contribution < 1.29 is 4.79 Å². The standard InChI is InChI=1S/C13H18O/c1-13(2)9-5-3-4-8(9)12-10(13)6-7-11(12)14/h3,5,8-10,12H,4,6-7H2,1-2H3/t8-,9+,10+,12+/m0/s1. The fraction of sp³-hybridized carbons (Fsp3) is 0.769. The summed E-state index contributed by atoms with van der Waals surface area (Å²) in [5.74, 6) is 2.98. The van der Waals surface area contributed by atoms with E-state index in [0.29, 0.717) is 34.9 Å². The highest BCUT2D eigenvalue weighted by Crippen LogP contribution is 2.62. The predicted octanol–water partition coefficient (Wildman–Crippen LogP) is 2.81. The van der Waals surface area contributed by atoms with Crippen LogP contribution in [0.3, 0.4) is 0 Å². The van der Waals surface area contributed by atoms with Crippen LogP contribution in [0.2, 0.25) is 0 Å². The van der Waals surface area contributed by atoms with Crippen molar-refractivity contribution in [1.82, 2.24) is 0 Å². The van der Waals surface area contributed by atoms with Gasteiger partial charge in [0.2, 0.25) is 0 Å². The van der Waals surface area contributed by atoms with Gasteiger partial charge in [0, 0.05) is 12.3 Å². The number of Topliss-reactive ketones (excluding diaryl/α,β-unsaturated/α-hetero) is 1. The molecular weight excluding hydrogens is 172 g/mol. The minimum absolute atomic E-state index is 0.370. The second kappa shape index (κ2) is 2.50. The molecule has 0 aromatic heterocycles. The van der Waals surface area contributed by atoms with E-state index in [9.17, 15) is 4.79 Å². The Hall–Kier alpha value is -0.590. The molecule has 2 fully saturated rings. The maximum Gasteiger partial charge on any atom is 0.136 e. The third-order valence-corrected chi connectivity index (χ3v) is 5.00. The maximum atomic E-state index is 11.9. The average molecular weight is 190 g/mol. The quantitative estimate of drug-likeness (QED) is 0.537. The van der Waals surface area contributed by atoms with E-state index >= 15 is 0 Å². The van der Waals surface area contributed by atoms with Crippen molar-refractivity contribution in [3.05, 3.63) is 12.2 Å². The molecule has 0 amide bonds. The van der Waals surface area contributed by atoms with Gasteiger partial charge in [0.05, 0.1) is 0 Å². The molecule has 0 bridgehead atoms. The van der Waals surface area contributed by atoms with Crippen LogP contribution < -0.4 is 0 Å². The van der Waals surface area contributed by atoms with Crippen LogP contribution in [-0.4, -0.2) is 5.78 Å². The molecule has 0 aromatic carbocycles. The molecule has 3 aliphatic carbocycles. The van der Waals surface area contributed by atoms with Crippen molar-refractivity contribution in [3.8, 4) is 0 Å². The molecule has 0 heterocycles. The highest BCUT2D eigenvalue weighted by Gasteiger charge is 2.59. The van der Waals surface area contributed by atoms with Gasteiger partial charge in [0.25, 0.3) is 0 Å². The number of fused-ring (bicyclic) bond motifs is 3. The lowest BCUT2D eigenvalue weighted by atomic mass is 9.74. The van der Waals surface area contributed by atoms with Gasteiger partial charge in [0.1, 0.15) is 5.78 Å². The topological polar surface area (TPSA) is 17.1 Å². The Balaban J connectivity index is 2.04. The van der Waals surface area contributed by atoms with Crippen LogP contribution in [0.25, 0.3) is 0 Å². The van der Waals surface area contributed by atoms with Crippen LogP contribution in [-0.2, 0) is 4.79 Å². The minimum Gasteiger partial charge on any atom is -0.299 e. The summed E-state index contributed by atoms with van der Waals surface area (Å²) in [6.07, 6.45) is 7.81. The number of ketones is 1. The Morgan fingerprint density at radius 3 is 3.00 bits per heavy atom. The third-order valence-electron chi connectivity index (χ3n) is 5.00. The summed E-state index contributed by atoms with van der Waals surface area (Å²) in [6.45, 7) is 4.73. The third kappa shape index (κ3) is 0.838. The molecule has 0 radical (unpaired) electrons. The molecule has 0 aromatic rings. The first-order valence-electron chi connectivity index (χ1n) is 5.82. The molecule has 0 N–H and O–H groups in total. The van der Waals surface area contributed by atoms with Crippen LogP contribution in [0.5, 0.6) is 0 Å². The SMILES string of the molecule is CC1(C)[C@@H]2C=CC[C@@H]2[C@H]2C(=O)CC[C@H]21. The van der Waals surface area contributed by atoms with Gasteiger partial charge < -0.3 is 0 Å². The van der Waals surface area contributed by atoms with Crippen molar-refractivity contribution >= 4 is 5.78 Å². The van der Waals surface area contributed by atoms with Crippen LogP contribution in [0, 0.1) is 29.1 Å². The summed E-state index contributed by atoms with van der Waals surface area (Å²) >= 11 is 0. The van der Waals surface area contributed by atoms with Crippen LogP contribution in [0.1, 0.15) is 33.1 Å². The van der Waals surface area contributed by atoms with Gasteiger partial charge in [-0.2, -0.15) is 0 Å². The Morgan fingerprint density at radius 1 is 1.43 bits per heavy atom. The van der Waals surface area contributed by atoms with E-state index in [1.54, 1.807) is 0 Å². The zero-order valence-electron chi connectivity index (χ0n) is 8.99. The number of allylic oxidation sites excluding steroid dienone is 2. The lowest BCUT2D eigenvalue weighted by Gasteiger charge is -2.30. The zero-order chi connectivity index (χ0) is 9.92. The summed E-state index contributed by atoms with van der Waals surface area (Å²) < 4.78 is 0. The summed E-state index contributed by atoms with van der Waals surface area (Å²) in [5, 5.41) is 0. The van der Waals surface area contributed by atoms with Crippen LogP contribution >= 0.6 is 0 Å². The monoisotopic (exact) mass is 190 g/mol. The van der Waals surface area contributed by atoms with E-state index in [0.717, 1.165) is 19.3 Å². The van der Waals surface area contributed by atoms with Gasteiger partial charge in [-0.15, -0.1) is 0 Å². The van der Waals surface area contributed by atoms with E-state index in [4.69, 9.17) is 0 Å². The van der Waals surface area contributed by atoms with Crippen molar-refractivity contribution in [2.45, 2.75) is 33.1 Å². The van der Waals surface area contributed by atoms with E-state index in [1.165, 1.54) is 0 Å². The first-order chi connectivity index (χ1) is 6.62. The van der Waals surface area contributed by atoms with Crippen molar-refractivity contribution in [2.24, 2.45) is 29.1 Å². The fourth-order valence-corrected chi connectivity index (χ4v) is 4.33. The Kier molecular flexibility index (Phi) is 1.55. The van der Waals surface area contributed by atoms with Crippen molar-refractivity contribution in [1.29, 1.82) is 0 Å². The van der Waals surface area contributed by atoms with Gasteiger partial charge in [-0.3, -0.25) is 4.79 Å². The molecule has 0 spiro atoms. The number of rotatable bonds is 0. The van der Waals surface area contributed by atoms with Gasteiger partial charge in [0.15, 0.2) is 0 Å². The Bertz CT molecular complexity index is 313. The molecule has 0 saturated heterocycles. The van der Waals surface area contributed by atoms with Gasteiger partial charge in [-0.05, 0) is 36.0 Å². The van der Waals surface area contributed by atoms with Gasteiger partial charge in [-0.1, -0.05) is 26.0 Å². The maximum absolute atomic E-state index is 11.9. The molecule has 14 heavy (non-hydrogen) atoms. The normalized spacial score (nSPS) is 48.3. The second-order valence-electron chi connectivity index (χ2n) is 5.81. The van der Waals surface area contributed by atoms with E-state index in [-0.39, 0.29) is 0 Å². The molecule has 0 unspecified atom stereocenters. The van der Waals surface area contributed by atoms with Crippen LogP contribution in [0.15, 0.2) is 12.2 Å². The molecule has 76 valence electrons. The highest BCUT2D eigenvalue weighted by molar-refractivity contribution is 5.84. The number of carbonyl (C=O) groups is 1. The molecule has 2 saturated carbocycles. The summed E-state index contributed by atoms with van der Waals surface area (Å²) in [4.78, 5) is 11.9. The Labute approximate surface area is 85.6 Å². The first-order valence-corrected chi connectivity index (χ1v) is 5.82. The summed E-state index contributed by atoms with van der Waals surface area (Å²) in [5.41, 5.74) is 0.370. The molecule has 3 aliphatic rings. The fourth-order valence-electron chi connectivity index (χ4n) is 4.33. The summed E-state index contributed by atoms with van der Waals surface area (Å²) in [6, 6.07) is 0. The number of carbonyl (C=O) groups excluding carboxylic acids is 1. The van der Waals surface area contributed by atoms with Crippen molar-refractivity contribution in [3.63, 3.8) is 0 Å². The largest absolute Gasteiger partial charge is 0.299 e. The second-order valence-corrected chi connectivity index (χ2v) is 5.81. The van der Waals surface area contributed by atoms with E-state index in [1.807, 2.05) is 0 Å². The average Bonchev–Trinajstić information content (AvgIpc) is 2.71. The van der Waals surface area contributed by atoms with Crippen molar-refractivity contribution in [2.75, 3.05) is 0 Å². The Morgan fingerprint density at radius 2 is 2.21 bits per heavy atom. The number of hydrogen-bond donors (Lipinski definition) is 0. The lowest BCUT2D eigenvalue weighted by molar-refractivity contribution is -0.122. The highest BCUT2D eigenvalue weighted by atomic mass is 16.1. The molecule has 4 atom stereocenters. The molecular formula is C13H18O. The molecule has 1 nitrogen and oxygen atoms in total. The van der Waals surface area contributed by atoms with E-state index in [2.05, 4.69) is 26.0 Å². The smallest absolute Gasteiger partial charge is 0.136 e. The molecule has 3 rings (SSSR count).